The zero-order valence-corrected chi connectivity index (χ0v) is 17.6. The number of amides is 2. The fourth-order valence-electron chi connectivity index (χ4n) is 2.79. The quantitative estimate of drug-likeness (QED) is 0.498. The molecular formula is C23H26N2O6. The summed E-state index contributed by atoms with van der Waals surface area (Å²) in [7, 11) is 0. The molecule has 1 atom stereocenters. The Kier molecular flexibility index (Phi) is 7.75. The number of para-hydroxylation sites is 2. The Bertz CT molecular complexity index is 943. The maximum atomic E-state index is 12.2. The molecule has 1 heterocycles. The second-order valence-electron chi connectivity index (χ2n) is 6.66. The molecule has 8 nitrogen and oxygen atoms in total. The molecule has 2 amide bonds. The van der Waals surface area contributed by atoms with Crippen LogP contribution in [0.3, 0.4) is 0 Å². The van der Waals surface area contributed by atoms with Crippen LogP contribution in [0.2, 0.25) is 0 Å². The van der Waals surface area contributed by atoms with Crippen LogP contribution < -0.4 is 29.8 Å². The fraction of sp³-hybridized carbons (Fsp3) is 0.304. The molecule has 164 valence electrons. The van der Waals surface area contributed by atoms with Gasteiger partial charge in [-0.05, 0) is 49.2 Å². The van der Waals surface area contributed by atoms with E-state index in [0.717, 1.165) is 12.0 Å². The molecule has 2 aromatic carbocycles. The van der Waals surface area contributed by atoms with Crippen LogP contribution in [0.4, 0.5) is 0 Å². The molecular weight excluding hydrogens is 400 g/mol. The lowest BCUT2D eigenvalue weighted by Gasteiger charge is -2.25. The third-order valence-corrected chi connectivity index (χ3v) is 4.27. The van der Waals surface area contributed by atoms with E-state index < -0.39 is 17.9 Å². The first-order valence-corrected chi connectivity index (χ1v) is 10.2. The van der Waals surface area contributed by atoms with Crippen molar-refractivity contribution in [2.24, 2.45) is 0 Å². The monoisotopic (exact) mass is 426 g/mol. The van der Waals surface area contributed by atoms with Gasteiger partial charge in [0, 0.05) is 6.08 Å². The summed E-state index contributed by atoms with van der Waals surface area (Å²) in [4.78, 5) is 24.3. The molecule has 0 radical (unpaired) electrons. The lowest BCUT2D eigenvalue weighted by Crippen LogP contribution is -2.50. The van der Waals surface area contributed by atoms with Crippen LogP contribution in [-0.2, 0) is 9.59 Å². The molecule has 0 aliphatic carbocycles. The Morgan fingerprint density at radius 1 is 1.06 bits per heavy atom. The average molecular weight is 426 g/mol. The van der Waals surface area contributed by atoms with E-state index in [4.69, 9.17) is 18.9 Å². The fourth-order valence-corrected chi connectivity index (χ4v) is 2.79. The normalized spacial score (nSPS) is 14.7. The van der Waals surface area contributed by atoms with Crippen LogP contribution in [-0.4, -0.2) is 37.7 Å². The van der Waals surface area contributed by atoms with Crippen LogP contribution in [0.15, 0.2) is 48.5 Å². The predicted octanol–water partition coefficient (Wildman–Crippen LogP) is 2.87. The molecule has 0 spiro atoms. The molecule has 1 aliphatic heterocycles. The second kappa shape index (κ2) is 10.9. The largest absolute Gasteiger partial charge is 0.490 e. The number of ether oxygens (including phenoxy) is 4. The van der Waals surface area contributed by atoms with Gasteiger partial charge in [0.05, 0.1) is 13.2 Å². The average Bonchev–Trinajstić information content (AvgIpc) is 2.80. The van der Waals surface area contributed by atoms with Crippen molar-refractivity contribution in [1.29, 1.82) is 0 Å². The van der Waals surface area contributed by atoms with E-state index in [2.05, 4.69) is 10.9 Å². The van der Waals surface area contributed by atoms with Gasteiger partial charge >= 0.3 is 0 Å². The van der Waals surface area contributed by atoms with Crippen LogP contribution in [0, 0.1) is 0 Å². The molecule has 0 aromatic heterocycles. The van der Waals surface area contributed by atoms with Gasteiger partial charge in [0.1, 0.15) is 6.61 Å². The van der Waals surface area contributed by atoms with E-state index in [9.17, 15) is 9.59 Å². The number of hydrazine groups is 1. The van der Waals surface area contributed by atoms with Gasteiger partial charge in [-0.1, -0.05) is 25.1 Å². The van der Waals surface area contributed by atoms with Gasteiger partial charge < -0.3 is 18.9 Å². The van der Waals surface area contributed by atoms with E-state index in [1.807, 2.05) is 26.0 Å². The molecule has 2 aromatic rings. The number of nitrogens with one attached hydrogen (secondary N) is 2. The maximum Gasteiger partial charge on any atom is 0.283 e. The first kappa shape index (κ1) is 22.0. The summed E-state index contributed by atoms with van der Waals surface area (Å²) in [6.07, 6.45) is 2.96. The molecule has 0 bridgehead atoms. The van der Waals surface area contributed by atoms with E-state index in [1.165, 1.54) is 6.08 Å². The zero-order valence-electron chi connectivity index (χ0n) is 17.6. The number of carbonyl (C=O) groups is 2. The van der Waals surface area contributed by atoms with Crippen molar-refractivity contribution in [1.82, 2.24) is 10.9 Å². The first-order chi connectivity index (χ1) is 15.1. The number of rotatable bonds is 8. The molecule has 0 saturated heterocycles. The van der Waals surface area contributed by atoms with Gasteiger partial charge in [0.25, 0.3) is 11.8 Å². The van der Waals surface area contributed by atoms with Crippen molar-refractivity contribution in [3.05, 3.63) is 54.1 Å². The van der Waals surface area contributed by atoms with Crippen molar-refractivity contribution < 1.29 is 28.5 Å². The number of benzene rings is 2. The lowest BCUT2D eigenvalue weighted by atomic mass is 10.2. The predicted molar refractivity (Wildman–Crippen MR) is 115 cm³/mol. The standard InChI is InChI=1S/C23H26N2O6/c1-3-13-29-18-11-9-16(14-20(18)28-4-2)10-12-22(26)24-25-23(27)21-15-30-17-7-5-6-8-19(17)31-21/h5-12,14,21H,3-4,13,15H2,1-2H3,(H,24,26)(H,25,27)/b12-10+. The van der Waals surface area contributed by atoms with Crippen LogP contribution in [0.1, 0.15) is 25.8 Å². The third kappa shape index (κ3) is 6.15. The third-order valence-electron chi connectivity index (χ3n) is 4.27. The molecule has 1 aliphatic rings. The summed E-state index contributed by atoms with van der Waals surface area (Å²) in [5, 5.41) is 0. The van der Waals surface area contributed by atoms with Gasteiger partial charge in [-0.3, -0.25) is 20.4 Å². The van der Waals surface area contributed by atoms with E-state index in [1.54, 1.807) is 36.4 Å². The highest BCUT2D eigenvalue weighted by Gasteiger charge is 2.27. The van der Waals surface area contributed by atoms with E-state index in [-0.39, 0.29) is 6.61 Å². The Morgan fingerprint density at radius 2 is 1.87 bits per heavy atom. The summed E-state index contributed by atoms with van der Waals surface area (Å²) in [6.45, 7) is 5.07. The Hall–Kier alpha value is -3.68. The zero-order chi connectivity index (χ0) is 22.1. The lowest BCUT2D eigenvalue weighted by molar-refractivity contribution is -0.134. The Labute approximate surface area is 181 Å². The first-order valence-electron chi connectivity index (χ1n) is 10.2. The molecule has 0 fully saturated rings. The number of carbonyl (C=O) groups excluding carboxylic acids is 2. The minimum absolute atomic E-state index is 0.0568. The minimum Gasteiger partial charge on any atom is -0.490 e. The van der Waals surface area contributed by atoms with Crippen molar-refractivity contribution in [3.63, 3.8) is 0 Å². The Morgan fingerprint density at radius 3 is 2.65 bits per heavy atom. The van der Waals surface area contributed by atoms with Gasteiger partial charge in [0.2, 0.25) is 6.10 Å². The maximum absolute atomic E-state index is 12.2. The highest BCUT2D eigenvalue weighted by Crippen LogP contribution is 2.31. The van der Waals surface area contributed by atoms with Crippen molar-refractivity contribution in [2.75, 3.05) is 19.8 Å². The second-order valence-corrected chi connectivity index (χ2v) is 6.66. The number of hydrogen-bond donors (Lipinski definition) is 2. The Balaban J connectivity index is 1.52. The number of hydrogen-bond acceptors (Lipinski definition) is 6. The molecule has 0 saturated carbocycles. The van der Waals surface area contributed by atoms with Gasteiger partial charge in [-0.15, -0.1) is 0 Å². The molecule has 2 N–H and O–H groups in total. The van der Waals surface area contributed by atoms with Crippen LogP contribution in [0.5, 0.6) is 23.0 Å². The van der Waals surface area contributed by atoms with E-state index >= 15 is 0 Å². The van der Waals surface area contributed by atoms with Gasteiger partial charge in [-0.2, -0.15) is 0 Å². The molecule has 3 rings (SSSR count). The van der Waals surface area contributed by atoms with Gasteiger partial charge in [0.15, 0.2) is 23.0 Å². The van der Waals surface area contributed by atoms with Gasteiger partial charge in [-0.25, -0.2) is 0 Å². The van der Waals surface area contributed by atoms with Crippen molar-refractivity contribution in [3.8, 4) is 23.0 Å². The van der Waals surface area contributed by atoms with Crippen molar-refractivity contribution in [2.45, 2.75) is 26.4 Å². The highest BCUT2D eigenvalue weighted by atomic mass is 16.6. The highest BCUT2D eigenvalue weighted by molar-refractivity contribution is 5.93. The van der Waals surface area contributed by atoms with Crippen molar-refractivity contribution >= 4 is 17.9 Å². The minimum atomic E-state index is -0.858. The molecule has 31 heavy (non-hydrogen) atoms. The SMILES string of the molecule is CCCOc1ccc(/C=C/C(=O)NNC(=O)C2COc3ccccc3O2)cc1OCC. The summed E-state index contributed by atoms with van der Waals surface area (Å²) in [6, 6.07) is 12.5. The summed E-state index contributed by atoms with van der Waals surface area (Å²) in [5.41, 5.74) is 5.44. The molecule has 1 unspecified atom stereocenters. The molecule has 8 heteroatoms. The summed E-state index contributed by atoms with van der Waals surface area (Å²) >= 11 is 0. The topological polar surface area (TPSA) is 95.1 Å². The summed E-state index contributed by atoms with van der Waals surface area (Å²) < 4.78 is 22.4. The van der Waals surface area contributed by atoms with Crippen LogP contribution in [0.25, 0.3) is 6.08 Å². The smallest absolute Gasteiger partial charge is 0.283 e. The van der Waals surface area contributed by atoms with E-state index in [0.29, 0.717) is 36.2 Å². The summed E-state index contributed by atoms with van der Waals surface area (Å²) in [5.74, 6) is 1.34. The number of fused-ring (bicyclic) bond motifs is 1. The van der Waals surface area contributed by atoms with Crippen LogP contribution >= 0.6 is 0 Å².